The number of halogens is 1. The van der Waals surface area contributed by atoms with Crippen LogP contribution in [-0.4, -0.2) is 31.1 Å². The normalized spacial score (nSPS) is 11.2. The van der Waals surface area contributed by atoms with Crippen LogP contribution < -0.4 is 15.4 Å². The van der Waals surface area contributed by atoms with Gasteiger partial charge in [0.05, 0.1) is 13.7 Å². The second kappa shape index (κ2) is 10.9. The zero-order chi connectivity index (χ0) is 19.1. The maximum atomic E-state index is 5.20. The van der Waals surface area contributed by atoms with Gasteiger partial charge in [-0.1, -0.05) is 30.3 Å². The standard InChI is InChI=1S/C22H28N4O.HI/c1-4-23-22(25-15-17-9-11-18(27-3)12-10-17)24-14-13-19-16(2)26-21-8-6-5-7-20(19)21;/h5-12,26H,4,13-15H2,1-3H3,(H2,23,24,25);1H. The fourth-order valence-corrected chi connectivity index (χ4v) is 3.21. The van der Waals surface area contributed by atoms with Crippen molar-refractivity contribution in [2.45, 2.75) is 26.8 Å². The number of methoxy groups -OCH3 is 1. The first-order valence-corrected chi connectivity index (χ1v) is 9.42. The van der Waals surface area contributed by atoms with Crippen LogP contribution in [0.15, 0.2) is 53.5 Å². The van der Waals surface area contributed by atoms with E-state index >= 15 is 0 Å². The third kappa shape index (κ3) is 5.64. The molecule has 3 aromatic rings. The molecular formula is C22H29IN4O. The molecule has 0 spiro atoms. The second-order valence-corrected chi connectivity index (χ2v) is 6.49. The molecule has 6 heteroatoms. The summed E-state index contributed by atoms with van der Waals surface area (Å²) in [4.78, 5) is 8.15. The lowest BCUT2D eigenvalue weighted by molar-refractivity contribution is 0.414. The topological polar surface area (TPSA) is 61.4 Å². The Hall–Kier alpha value is -2.22. The Bertz CT molecular complexity index is 903. The van der Waals surface area contributed by atoms with Gasteiger partial charge in [-0.25, -0.2) is 4.99 Å². The van der Waals surface area contributed by atoms with E-state index in [4.69, 9.17) is 4.74 Å². The predicted molar refractivity (Wildman–Crippen MR) is 128 cm³/mol. The highest BCUT2D eigenvalue weighted by Gasteiger charge is 2.07. The molecule has 0 radical (unpaired) electrons. The van der Waals surface area contributed by atoms with E-state index < -0.39 is 0 Å². The quantitative estimate of drug-likeness (QED) is 0.260. The van der Waals surface area contributed by atoms with Crippen molar-refractivity contribution in [3.8, 4) is 5.75 Å². The molecule has 0 saturated carbocycles. The lowest BCUT2D eigenvalue weighted by Gasteiger charge is -2.11. The Morgan fingerprint density at radius 3 is 2.54 bits per heavy atom. The van der Waals surface area contributed by atoms with Crippen molar-refractivity contribution in [2.24, 2.45) is 4.99 Å². The van der Waals surface area contributed by atoms with Gasteiger partial charge < -0.3 is 20.4 Å². The van der Waals surface area contributed by atoms with E-state index in [1.165, 1.54) is 22.2 Å². The highest BCUT2D eigenvalue weighted by atomic mass is 127. The van der Waals surface area contributed by atoms with Crippen LogP contribution in [0.4, 0.5) is 0 Å². The van der Waals surface area contributed by atoms with Gasteiger partial charge in [0, 0.05) is 29.7 Å². The minimum atomic E-state index is 0. The minimum Gasteiger partial charge on any atom is -0.497 e. The molecule has 1 aromatic heterocycles. The number of nitrogens with one attached hydrogen (secondary N) is 3. The Labute approximate surface area is 184 Å². The van der Waals surface area contributed by atoms with Crippen LogP contribution in [0.3, 0.4) is 0 Å². The average Bonchev–Trinajstić information content (AvgIpc) is 3.02. The molecule has 0 amide bonds. The number of para-hydroxylation sites is 1. The van der Waals surface area contributed by atoms with Gasteiger partial charge in [0.1, 0.15) is 5.75 Å². The maximum absolute atomic E-state index is 5.20. The number of hydrogen-bond donors (Lipinski definition) is 3. The molecule has 5 nitrogen and oxygen atoms in total. The monoisotopic (exact) mass is 492 g/mol. The lowest BCUT2D eigenvalue weighted by atomic mass is 10.1. The molecule has 3 rings (SSSR count). The Morgan fingerprint density at radius 1 is 1.07 bits per heavy atom. The molecule has 0 bridgehead atoms. The fourth-order valence-electron chi connectivity index (χ4n) is 3.21. The summed E-state index contributed by atoms with van der Waals surface area (Å²) in [6, 6.07) is 16.5. The van der Waals surface area contributed by atoms with Crippen LogP contribution >= 0.6 is 24.0 Å². The van der Waals surface area contributed by atoms with E-state index in [0.29, 0.717) is 6.54 Å². The first-order chi connectivity index (χ1) is 13.2. The molecule has 1 heterocycles. The minimum absolute atomic E-state index is 0. The fraction of sp³-hybridized carbons (Fsp3) is 0.318. The van der Waals surface area contributed by atoms with E-state index in [1.54, 1.807) is 7.11 Å². The summed E-state index contributed by atoms with van der Waals surface area (Å²) in [7, 11) is 1.68. The van der Waals surface area contributed by atoms with Crippen LogP contribution in [0.1, 0.15) is 23.7 Å². The average molecular weight is 492 g/mol. The molecule has 0 aliphatic rings. The van der Waals surface area contributed by atoms with E-state index in [1.807, 2.05) is 24.3 Å². The molecule has 28 heavy (non-hydrogen) atoms. The number of nitrogens with zero attached hydrogens (tertiary/aromatic N) is 1. The van der Waals surface area contributed by atoms with Crippen molar-refractivity contribution in [3.63, 3.8) is 0 Å². The summed E-state index contributed by atoms with van der Waals surface area (Å²) in [6.45, 7) is 6.51. The number of aromatic amines is 1. The summed E-state index contributed by atoms with van der Waals surface area (Å²) in [5, 5.41) is 8.06. The van der Waals surface area contributed by atoms with Crippen molar-refractivity contribution in [3.05, 3.63) is 65.4 Å². The van der Waals surface area contributed by atoms with Crippen LogP contribution in [0, 0.1) is 6.92 Å². The molecule has 0 aliphatic heterocycles. The van der Waals surface area contributed by atoms with Gasteiger partial charge in [0.15, 0.2) is 5.96 Å². The number of hydrogen-bond acceptors (Lipinski definition) is 2. The van der Waals surface area contributed by atoms with E-state index in [0.717, 1.165) is 36.8 Å². The number of ether oxygens (including phenoxy) is 1. The first kappa shape index (κ1) is 22.1. The Morgan fingerprint density at radius 2 is 1.82 bits per heavy atom. The van der Waals surface area contributed by atoms with Crippen LogP contribution in [0.5, 0.6) is 5.75 Å². The van der Waals surface area contributed by atoms with Crippen LogP contribution in [0.2, 0.25) is 0 Å². The number of fused-ring (bicyclic) bond motifs is 1. The maximum Gasteiger partial charge on any atom is 0.191 e. The van der Waals surface area contributed by atoms with E-state index in [2.05, 4.69) is 58.7 Å². The summed E-state index contributed by atoms with van der Waals surface area (Å²) in [6.07, 6.45) is 0.947. The zero-order valence-corrected chi connectivity index (χ0v) is 19.0. The highest BCUT2D eigenvalue weighted by molar-refractivity contribution is 14.0. The van der Waals surface area contributed by atoms with Gasteiger partial charge in [-0.05, 0) is 49.6 Å². The molecule has 0 unspecified atom stereocenters. The molecule has 0 atom stereocenters. The number of benzene rings is 2. The van der Waals surface area contributed by atoms with Crippen molar-refractivity contribution < 1.29 is 4.74 Å². The molecule has 150 valence electrons. The Balaban J connectivity index is 0.00000280. The number of aromatic nitrogens is 1. The number of H-pyrrole nitrogens is 1. The molecule has 0 fully saturated rings. The van der Waals surface area contributed by atoms with Crippen molar-refractivity contribution >= 4 is 40.8 Å². The number of aliphatic imine (C=N–C) groups is 1. The number of guanidine groups is 1. The van der Waals surface area contributed by atoms with Gasteiger partial charge >= 0.3 is 0 Å². The smallest absolute Gasteiger partial charge is 0.191 e. The van der Waals surface area contributed by atoms with Gasteiger partial charge in [-0.15, -0.1) is 24.0 Å². The second-order valence-electron chi connectivity index (χ2n) is 6.49. The van der Waals surface area contributed by atoms with Crippen LogP contribution in [0.25, 0.3) is 10.9 Å². The van der Waals surface area contributed by atoms with Gasteiger partial charge in [0.25, 0.3) is 0 Å². The summed E-state index contributed by atoms with van der Waals surface area (Å²) in [5.74, 6) is 1.70. The largest absolute Gasteiger partial charge is 0.497 e. The molecular weight excluding hydrogens is 463 g/mol. The van der Waals surface area contributed by atoms with E-state index in [9.17, 15) is 0 Å². The predicted octanol–water partition coefficient (Wildman–Crippen LogP) is 4.40. The van der Waals surface area contributed by atoms with E-state index in [-0.39, 0.29) is 24.0 Å². The Kier molecular flexibility index (Phi) is 8.63. The lowest BCUT2D eigenvalue weighted by Crippen LogP contribution is -2.38. The van der Waals surface area contributed by atoms with Crippen molar-refractivity contribution in [1.29, 1.82) is 0 Å². The molecule has 2 aromatic carbocycles. The third-order valence-corrected chi connectivity index (χ3v) is 4.62. The van der Waals surface area contributed by atoms with Crippen molar-refractivity contribution in [2.75, 3.05) is 20.2 Å². The molecule has 0 aliphatic carbocycles. The summed E-state index contributed by atoms with van der Waals surface area (Å²) >= 11 is 0. The van der Waals surface area contributed by atoms with Gasteiger partial charge in [-0.2, -0.15) is 0 Å². The van der Waals surface area contributed by atoms with Gasteiger partial charge in [-0.3, -0.25) is 0 Å². The molecule has 0 saturated heterocycles. The third-order valence-electron chi connectivity index (χ3n) is 4.62. The highest BCUT2D eigenvalue weighted by Crippen LogP contribution is 2.21. The number of aryl methyl sites for hydroxylation is 1. The number of rotatable bonds is 7. The van der Waals surface area contributed by atoms with Crippen LogP contribution in [-0.2, 0) is 13.0 Å². The van der Waals surface area contributed by atoms with Crippen molar-refractivity contribution in [1.82, 2.24) is 15.6 Å². The summed E-state index contributed by atoms with van der Waals surface area (Å²) in [5.41, 5.74) is 4.95. The zero-order valence-electron chi connectivity index (χ0n) is 16.7. The first-order valence-electron chi connectivity index (χ1n) is 9.42. The molecule has 3 N–H and O–H groups in total. The SMILES string of the molecule is CCNC(=NCc1ccc(OC)cc1)NCCc1c(C)[nH]c2ccccc12.I. The van der Waals surface area contributed by atoms with Gasteiger partial charge in [0.2, 0.25) is 0 Å². The summed E-state index contributed by atoms with van der Waals surface area (Å²) < 4.78 is 5.20.